The number of likely N-dealkylation sites (tertiary alicyclic amines) is 1. The van der Waals surface area contributed by atoms with Crippen molar-refractivity contribution in [2.45, 2.75) is 39.5 Å². The molecule has 1 heterocycles. The molecule has 2 nitrogen and oxygen atoms in total. The Labute approximate surface area is 89.1 Å². The Morgan fingerprint density at radius 1 is 1.21 bits per heavy atom. The Morgan fingerprint density at radius 2 is 1.93 bits per heavy atom. The number of hydrogen-bond donors (Lipinski definition) is 1. The molecule has 0 spiro atoms. The van der Waals surface area contributed by atoms with Gasteiger partial charge in [-0.15, -0.1) is 0 Å². The second-order valence-electron chi connectivity index (χ2n) is 4.40. The molecule has 1 N–H and O–H groups in total. The fourth-order valence-corrected chi connectivity index (χ4v) is 2.22. The largest absolute Gasteiger partial charge is 0.317 e. The van der Waals surface area contributed by atoms with Crippen molar-refractivity contribution in [1.82, 2.24) is 10.2 Å². The van der Waals surface area contributed by atoms with E-state index in [4.69, 9.17) is 0 Å². The standard InChI is InChI=1S/C12H26N2/c1-3-12-6-10-14(11-7-12)9-5-8-13-4-2/h12-13H,3-11H2,1-2H3. The molecule has 0 saturated carbocycles. The Kier molecular flexibility index (Phi) is 6.20. The van der Waals surface area contributed by atoms with Crippen LogP contribution < -0.4 is 5.32 Å². The lowest BCUT2D eigenvalue weighted by Crippen LogP contribution is -2.35. The van der Waals surface area contributed by atoms with Crippen LogP contribution in [0.5, 0.6) is 0 Å². The predicted molar refractivity (Wildman–Crippen MR) is 62.6 cm³/mol. The first-order valence-corrected chi connectivity index (χ1v) is 6.29. The zero-order valence-corrected chi connectivity index (χ0v) is 9.89. The number of hydrogen-bond acceptors (Lipinski definition) is 2. The molecule has 2 heteroatoms. The molecule has 0 radical (unpaired) electrons. The molecule has 14 heavy (non-hydrogen) atoms. The number of nitrogens with one attached hydrogen (secondary N) is 1. The molecule has 0 amide bonds. The van der Waals surface area contributed by atoms with Crippen molar-refractivity contribution >= 4 is 0 Å². The van der Waals surface area contributed by atoms with Crippen LogP contribution in [-0.2, 0) is 0 Å². The van der Waals surface area contributed by atoms with Gasteiger partial charge in [0.1, 0.15) is 0 Å². The lowest BCUT2D eigenvalue weighted by atomic mass is 9.94. The van der Waals surface area contributed by atoms with Crippen LogP contribution >= 0.6 is 0 Å². The molecule has 0 atom stereocenters. The van der Waals surface area contributed by atoms with Gasteiger partial charge in [0.05, 0.1) is 0 Å². The first-order chi connectivity index (χ1) is 6.86. The van der Waals surface area contributed by atoms with E-state index in [-0.39, 0.29) is 0 Å². The van der Waals surface area contributed by atoms with Gasteiger partial charge in [0.2, 0.25) is 0 Å². The van der Waals surface area contributed by atoms with Crippen molar-refractivity contribution in [3.05, 3.63) is 0 Å². The van der Waals surface area contributed by atoms with Crippen molar-refractivity contribution in [3.8, 4) is 0 Å². The van der Waals surface area contributed by atoms with E-state index < -0.39 is 0 Å². The van der Waals surface area contributed by atoms with Crippen LogP contribution in [0.15, 0.2) is 0 Å². The average Bonchev–Trinajstić information content (AvgIpc) is 2.25. The Bertz CT molecular complexity index is 128. The molecule has 0 aromatic carbocycles. The Balaban J connectivity index is 1.98. The predicted octanol–water partition coefficient (Wildman–Crippen LogP) is 2.11. The van der Waals surface area contributed by atoms with Gasteiger partial charge in [0.25, 0.3) is 0 Å². The molecule has 1 rings (SSSR count). The minimum absolute atomic E-state index is 1.01. The van der Waals surface area contributed by atoms with Gasteiger partial charge in [0, 0.05) is 0 Å². The SMILES string of the molecule is CCNCCCN1CCC(CC)CC1. The highest BCUT2D eigenvalue weighted by Crippen LogP contribution is 2.19. The van der Waals surface area contributed by atoms with Gasteiger partial charge in [-0.05, 0) is 57.9 Å². The van der Waals surface area contributed by atoms with Crippen molar-refractivity contribution in [1.29, 1.82) is 0 Å². The van der Waals surface area contributed by atoms with E-state index >= 15 is 0 Å². The summed E-state index contributed by atoms with van der Waals surface area (Å²) in [4.78, 5) is 2.63. The molecule has 0 aromatic rings. The molecule has 1 aliphatic rings. The minimum Gasteiger partial charge on any atom is -0.317 e. The van der Waals surface area contributed by atoms with E-state index in [1.165, 1.54) is 51.9 Å². The van der Waals surface area contributed by atoms with E-state index in [1.54, 1.807) is 0 Å². The first kappa shape index (κ1) is 12.0. The third kappa shape index (κ3) is 4.43. The van der Waals surface area contributed by atoms with Crippen LogP contribution in [-0.4, -0.2) is 37.6 Å². The van der Waals surface area contributed by atoms with Crippen LogP contribution in [0.4, 0.5) is 0 Å². The number of nitrogens with zero attached hydrogens (tertiary/aromatic N) is 1. The van der Waals surface area contributed by atoms with Crippen molar-refractivity contribution in [3.63, 3.8) is 0 Å². The zero-order chi connectivity index (χ0) is 10.2. The maximum atomic E-state index is 3.38. The monoisotopic (exact) mass is 198 g/mol. The van der Waals surface area contributed by atoms with Crippen LogP contribution in [0, 0.1) is 5.92 Å². The lowest BCUT2D eigenvalue weighted by Gasteiger charge is -2.31. The highest BCUT2D eigenvalue weighted by atomic mass is 15.1. The van der Waals surface area contributed by atoms with E-state index in [9.17, 15) is 0 Å². The molecule has 1 aliphatic heterocycles. The topological polar surface area (TPSA) is 15.3 Å². The maximum absolute atomic E-state index is 3.38. The fourth-order valence-electron chi connectivity index (χ4n) is 2.22. The van der Waals surface area contributed by atoms with Gasteiger partial charge in [-0.3, -0.25) is 0 Å². The molecular formula is C12H26N2. The van der Waals surface area contributed by atoms with Crippen molar-refractivity contribution < 1.29 is 0 Å². The molecule has 0 unspecified atom stereocenters. The quantitative estimate of drug-likeness (QED) is 0.658. The number of piperidine rings is 1. The van der Waals surface area contributed by atoms with E-state index in [2.05, 4.69) is 24.1 Å². The Morgan fingerprint density at radius 3 is 2.50 bits per heavy atom. The molecule has 1 saturated heterocycles. The summed E-state index contributed by atoms with van der Waals surface area (Å²) in [5.74, 6) is 1.01. The summed E-state index contributed by atoms with van der Waals surface area (Å²) in [6.45, 7) is 10.8. The average molecular weight is 198 g/mol. The normalized spacial score (nSPS) is 20.1. The van der Waals surface area contributed by atoms with E-state index in [0.717, 1.165) is 12.5 Å². The molecule has 1 fully saturated rings. The summed E-state index contributed by atoms with van der Waals surface area (Å²) in [5, 5.41) is 3.38. The second kappa shape index (κ2) is 7.24. The van der Waals surface area contributed by atoms with Gasteiger partial charge >= 0.3 is 0 Å². The summed E-state index contributed by atoms with van der Waals surface area (Å²) in [7, 11) is 0. The molecule has 0 bridgehead atoms. The highest BCUT2D eigenvalue weighted by molar-refractivity contribution is 4.71. The highest BCUT2D eigenvalue weighted by Gasteiger charge is 2.16. The van der Waals surface area contributed by atoms with Gasteiger partial charge in [-0.2, -0.15) is 0 Å². The summed E-state index contributed by atoms with van der Waals surface area (Å²) >= 11 is 0. The zero-order valence-electron chi connectivity index (χ0n) is 9.89. The molecular weight excluding hydrogens is 172 g/mol. The fraction of sp³-hybridized carbons (Fsp3) is 1.00. The number of rotatable bonds is 6. The van der Waals surface area contributed by atoms with Crippen molar-refractivity contribution in [2.24, 2.45) is 5.92 Å². The van der Waals surface area contributed by atoms with Gasteiger partial charge in [-0.1, -0.05) is 20.3 Å². The summed E-state index contributed by atoms with van der Waals surface area (Å²) in [6, 6.07) is 0. The molecule has 84 valence electrons. The van der Waals surface area contributed by atoms with Gasteiger partial charge in [0.15, 0.2) is 0 Å². The van der Waals surface area contributed by atoms with Crippen LogP contribution in [0.25, 0.3) is 0 Å². The molecule has 0 aliphatic carbocycles. The van der Waals surface area contributed by atoms with E-state index in [0.29, 0.717) is 0 Å². The van der Waals surface area contributed by atoms with Crippen LogP contribution in [0.3, 0.4) is 0 Å². The molecule has 0 aromatic heterocycles. The second-order valence-corrected chi connectivity index (χ2v) is 4.40. The first-order valence-electron chi connectivity index (χ1n) is 6.29. The summed E-state index contributed by atoms with van der Waals surface area (Å²) < 4.78 is 0. The van der Waals surface area contributed by atoms with Crippen LogP contribution in [0.1, 0.15) is 39.5 Å². The van der Waals surface area contributed by atoms with Crippen molar-refractivity contribution in [2.75, 3.05) is 32.7 Å². The van der Waals surface area contributed by atoms with Crippen LogP contribution in [0.2, 0.25) is 0 Å². The minimum atomic E-state index is 1.01. The maximum Gasteiger partial charge on any atom is -0.000664 e. The summed E-state index contributed by atoms with van der Waals surface area (Å²) in [6.07, 6.45) is 5.55. The third-order valence-electron chi connectivity index (χ3n) is 3.36. The van der Waals surface area contributed by atoms with Gasteiger partial charge < -0.3 is 10.2 Å². The van der Waals surface area contributed by atoms with Gasteiger partial charge in [-0.25, -0.2) is 0 Å². The lowest BCUT2D eigenvalue weighted by molar-refractivity contribution is 0.180. The third-order valence-corrected chi connectivity index (χ3v) is 3.36. The van der Waals surface area contributed by atoms with E-state index in [1.807, 2.05) is 0 Å². The summed E-state index contributed by atoms with van der Waals surface area (Å²) in [5.41, 5.74) is 0. The Hall–Kier alpha value is -0.0800. The smallest absolute Gasteiger partial charge is 0.000664 e.